The highest BCUT2D eigenvalue weighted by atomic mass is 16.3. The van der Waals surface area contributed by atoms with Gasteiger partial charge in [-0.15, -0.1) is 0 Å². The van der Waals surface area contributed by atoms with Crippen LogP contribution in [0.15, 0.2) is 30.3 Å². The van der Waals surface area contributed by atoms with Crippen molar-refractivity contribution < 1.29 is 5.11 Å². The number of hydrogen-bond donors (Lipinski definition) is 1. The van der Waals surface area contributed by atoms with Crippen LogP contribution in [-0.2, 0) is 5.60 Å². The van der Waals surface area contributed by atoms with Crippen LogP contribution in [0.1, 0.15) is 24.8 Å². The first-order valence-corrected chi connectivity index (χ1v) is 6.66. The molecule has 0 amide bonds. The van der Waals surface area contributed by atoms with Crippen molar-refractivity contribution in [2.75, 3.05) is 20.1 Å². The predicted molar refractivity (Wildman–Crippen MR) is 68.7 cm³/mol. The molecule has 0 unspecified atom stereocenters. The van der Waals surface area contributed by atoms with E-state index in [1.54, 1.807) is 0 Å². The van der Waals surface area contributed by atoms with Gasteiger partial charge in [-0.2, -0.15) is 0 Å². The van der Waals surface area contributed by atoms with Crippen LogP contribution in [0.2, 0.25) is 0 Å². The molecule has 0 aromatic heterocycles. The molecule has 1 saturated carbocycles. The minimum atomic E-state index is -0.588. The van der Waals surface area contributed by atoms with Crippen molar-refractivity contribution in [1.82, 2.24) is 4.90 Å². The monoisotopic (exact) mass is 231 g/mol. The van der Waals surface area contributed by atoms with Crippen molar-refractivity contribution in [2.45, 2.75) is 24.9 Å². The summed E-state index contributed by atoms with van der Waals surface area (Å²) in [6.07, 6.45) is 3.36. The topological polar surface area (TPSA) is 23.5 Å². The van der Waals surface area contributed by atoms with Gasteiger partial charge in [0.25, 0.3) is 0 Å². The highest BCUT2D eigenvalue weighted by Crippen LogP contribution is 2.47. The fourth-order valence-corrected chi connectivity index (χ4v) is 3.82. The van der Waals surface area contributed by atoms with Crippen molar-refractivity contribution in [3.05, 3.63) is 35.9 Å². The SMILES string of the molecule is CN1C[C@@H]2CCC[C@](O)(c3ccccc3)[C@@H]2C1. The van der Waals surface area contributed by atoms with Crippen LogP contribution in [0.5, 0.6) is 0 Å². The summed E-state index contributed by atoms with van der Waals surface area (Å²) in [6, 6.07) is 10.3. The maximum absolute atomic E-state index is 11.1. The third kappa shape index (κ3) is 1.80. The van der Waals surface area contributed by atoms with E-state index in [-0.39, 0.29) is 0 Å². The first-order chi connectivity index (χ1) is 8.20. The van der Waals surface area contributed by atoms with Gasteiger partial charge in [-0.25, -0.2) is 0 Å². The van der Waals surface area contributed by atoms with Crippen molar-refractivity contribution in [3.63, 3.8) is 0 Å². The number of rotatable bonds is 1. The van der Waals surface area contributed by atoms with Gasteiger partial charge in [0.05, 0.1) is 5.60 Å². The van der Waals surface area contributed by atoms with Gasteiger partial charge < -0.3 is 10.0 Å². The second-order valence-electron chi connectivity index (χ2n) is 5.77. The average Bonchev–Trinajstić information content (AvgIpc) is 2.73. The van der Waals surface area contributed by atoms with E-state index >= 15 is 0 Å². The smallest absolute Gasteiger partial charge is 0.0939 e. The Labute approximate surface area is 103 Å². The lowest BCUT2D eigenvalue weighted by Gasteiger charge is -2.41. The molecule has 3 atom stereocenters. The van der Waals surface area contributed by atoms with Crippen molar-refractivity contribution >= 4 is 0 Å². The van der Waals surface area contributed by atoms with Gasteiger partial charge >= 0.3 is 0 Å². The maximum Gasteiger partial charge on any atom is 0.0939 e. The summed E-state index contributed by atoms with van der Waals surface area (Å²) in [5.74, 6) is 1.10. The lowest BCUT2D eigenvalue weighted by atomic mass is 9.67. The van der Waals surface area contributed by atoms with Crippen molar-refractivity contribution in [2.24, 2.45) is 11.8 Å². The Morgan fingerprint density at radius 2 is 2.00 bits per heavy atom. The number of nitrogens with zero attached hydrogens (tertiary/aromatic N) is 1. The molecule has 1 aromatic carbocycles. The molecule has 1 saturated heterocycles. The van der Waals surface area contributed by atoms with Gasteiger partial charge in [-0.1, -0.05) is 30.3 Å². The highest BCUT2D eigenvalue weighted by molar-refractivity contribution is 5.25. The van der Waals surface area contributed by atoms with Crippen LogP contribution in [0.25, 0.3) is 0 Å². The normalized spacial score (nSPS) is 38.0. The summed E-state index contributed by atoms with van der Waals surface area (Å²) in [6.45, 7) is 2.19. The summed E-state index contributed by atoms with van der Waals surface area (Å²) in [4.78, 5) is 2.37. The second-order valence-corrected chi connectivity index (χ2v) is 5.77. The summed E-state index contributed by atoms with van der Waals surface area (Å²) in [5, 5.41) is 11.1. The van der Waals surface area contributed by atoms with Crippen LogP contribution in [-0.4, -0.2) is 30.1 Å². The van der Waals surface area contributed by atoms with E-state index in [1.165, 1.54) is 6.42 Å². The molecular formula is C15H21NO. The zero-order valence-corrected chi connectivity index (χ0v) is 10.5. The lowest BCUT2D eigenvalue weighted by Crippen LogP contribution is -2.42. The molecule has 2 fully saturated rings. The molecule has 2 nitrogen and oxygen atoms in total. The molecule has 1 N–H and O–H groups in total. The van der Waals surface area contributed by atoms with Crippen LogP contribution in [0, 0.1) is 11.8 Å². The van der Waals surface area contributed by atoms with Crippen LogP contribution < -0.4 is 0 Å². The molecule has 1 aliphatic carbocycles. The third-order valence-corrected chi connectivity index (χ3v) is 4.64. The first-order valence-electron chi connectivity index (χ1n) is 6.66. The molecule has 1 heterocycles. The van der Waals surface area contributed by atoms with Crippen molar-refractivity contribution in [1.29, 1.82) is 0 Å². The molecule has 2 heteroatoms. The van der Waals surface area contributed by atoms with Crippen LogP contribution in [0.3, 0.4) is 0 Å². The summed E-state index contributed by atoms with van der Waals surface area (Å²) < 4.78 is 0. The van der Waals surface area contributed by atoms with Crippen LogP contribution >= 0.6 is 0 Å². The van der Waals surface area contributed by atoms with Crippen molar-refractivity contribution in [3.8, 4) is 0 Å². The molecule has 0 bridgehead atoms. The number of fused-ring (bicyclic) bond motifs is 1. The van der Waals surface area contributed by atoms with E-state index in [9.17, 15) is 5.11 Å². The maximum atomic E-state index is 11.1. The number of hydrogen-bond acceptors (Lipinski definition) is 2. The number of benzene rings is 1. The minimum Gasteiger partial charge on any atom is -0.385 e. The Balaban J connectivity index is 1.95. The quantitative estimate of drug-likeness (QED) is 0.801. The van der Waals surface area contributed by atoms with Gasteiger partial charge in [0.1, 0.15) is 0 Å². The molecule has 1 aliphatic heterocycles. The molecule has 3 rings (SSSR count). The third-order valence-electron chi connectivity index (χ3n) is 4.64. The van der Waals surface area contributed by atoms with E-state index < -0.39 is 5.60 Å². The van der Waals surface area contributed by atoms with E-state index in [0.29, 0.717) is 11.8 Å². The van der Waals surface area contributed by atoms with Gasteiger partial charge in [-0.3, -0.25) is 0 Å². The van der Waals surface area contributed by atoms with Gasteiger partial charge in [0.2, 0.25) is 0 Å². The van der Waals surface area contributed by atoms with Crippen LogP contribution in [0.4, 0.5) is 0 Å². The molecule has 1 aromatic rings. The molecule has 92 valence electrons. The Kier molecular flexibility index (Phi) is 2.72. The first kappa shape index (κ1) is 11.2. The molecule has 0 radical (unpaired) electrons. The fourth-order valence-electron chi connectivity index (χ4n) is 3.82. The summed E-state index contributed by atoms with van der Waals surface area (Å²) in [5.41, 5.74) is 0.527. The molecular weight excluding hydrogens is 210 g/mol. The lowest BCUT2D eigenvalue weighted by molar-refractivity contribution is -0.0645. The summed E-state index contributed by atoms with van der Waals surface area (Å²) in [7, 11) is 2.17. The Morgan fingerprint density at radius 3 is 2.76 bits per heavy atom. The molecule has 17 heavy (non-hydrogen) atoms. The standard InChI is InChI=1S/C15H21NO/c1-16-10-12-6-5-9-15(17,14(12)11-16)13-7-3-2-4-8-13/h2-4,7-8,12,14,17H,5-6,9-11H2,1H3/t12-,14+,15-/m0/s1. The Hall–Kier alpha value is -0.860. The molecule has 2 aliphatic rings. The minimum absolute atomic E-state index is 0.420. The molecule has 0 spiro atoms. The van der Waals surface area contributed by atoms with Gasteiger partial charge in [0, 0.05) is 19.0 Å². The zero-order valence-electron chi connectivity index (χ0n) is 10.5. The predicted octanol–water partition coefficient (Wildman–Crippen LogP) is 2.24. The van der Waals surface area contributed by atoms with E-state index in [2.05, 4.69) is 24.1 Å². The van der Waals surface area contributed by atoms with E-state index in [4.69, 9.17) is 0 Å². The number of likely N-dealkylation sites (tertiary alicyclic amines) is 1. The zero-order chi connectivity index (χ0) is 11.9. The fraction of sp³-hybridized carbons (Fsp3) is 0.600. The van der Waals surface area contributed by atoms with Gasteiger partial charge in [0.15, 0.2) is 0 Å². The van der Waals surface area contributed by atoms with E-state index in [0.717, 1.165) is 31.5 Å². The van der Waals surface area contributed by atoms with E-state index in [1.807, 2.05) is 18.2 Å². The second kappa shape index (κ2) is 4.11. The number of aliphatic hydroxyl groups is 1. The van der Waals surface area contributed by atoms with Gasteiger partial charge in [-0.05, 0) is 37.8 Å². The summed E-state index contributed by atoms with van der Waals surface area (Å²) >= 11 is 0. The average molecular weight is 231 g/mol. The highest BCUT2D eigenvalue weighted by Gasteiger charge is 2.48. The Morgan fingerprint density at radius 1 is 1.24 bits per heavy atom. The Bertz CT molecular complexity index is 391. The largest absolute Gasteiger partial charge is 0.385 e.